The monoisotopic (exact) mass is 385 g/mol. The summed E-state index contributed by atoms with van der Waals surface area (Å²) in [6, 6.07) is 14.7. The molecule has 1 saturated heterocycles. The lowest BCUT2D eigenvalue weighted by Gasteiger charge is -2.35. The number of fused-ring (bicyclic) bond motifs is 1. The van der Waals surface area contributed by atoms with Crippen LogP contribution in [-0.2, 0) is 7.05 Å². The first-order valence-corrected chi connectivity index (χ1v) is 9.86. The maximum absolute atomic E-state index is 5.00. The molecular weight excluding hydrogens is 362 g/mol. The molecule has 4 aromatic rings. The summed E-state index contributed by atoms with van der Waals surface area (Å²) in [5.41, 5.74) is 4.05. The van der Waals surface area contributed by atoms with Crippen LogP contribution in [0.15, 0.2) is 54.9 Å². The number of piperazine rings is 1. The average molecular weight is 385 g/mol. The predicted molar refractivity (Wildman–Crippen MR) is 114 cm³/mol. The predicted octanol–water partition coefficient (Wildman–Crippen LogP) is 2.88. The Morgan fingerprint density at radius 2 is 1.83 bits per heavy atom. The highest BCUT2D eigenvalue weighted by Crippen LogP contribution is 2.31. The summed E-state index contributed by atoms with van der Waals surface area (Å²) in [7, 11) is 1.94. The Balaban J connectivity index is 1.61. The van der Waals surface area contributed by atoms with Crippen molar-refractivity contribution in [3.05, 3.63) is 66.1 Å². The molecule has 0 aliphatic carbocycles. The lowest BCUT2D eigenvalue weighted by Crippen LogP contribution is -2.46. The molecule has 0 spiro atoms. The molecule has 7 heteroatoms. The largest absolute Gasteiger partial charge is 0.353 e. The molecule has 0 saturated carbocycles. The summed E-state index contributed by atoms with van der Waals surface area (Å²) in [5.74, 6) is 1.66. The van der Waals surface area contributed by atoms with Gasteiger partial charge in [0.2, 0.25) is 0 Å². The SMILES string of the molecule is Cc1nn(C)c2nc(-c3ccncc3)nc(N3CCNC(c4ccccc4)C3)c12. The Hall–Kier alpha value is -3.32. The fourth-order valence-electron chi connectivity index (χ4n) is 4.03. The first-order valence-electron chi connectivity index (χ1n) is 9.86. The van der Waals surface area contributed by atoms with Crippen LogP contribution in [0.5, 0.6) is 0 Å². The van der Waals surface area contributed by atoms with Crippen LogP contribution in [0, 0.1) is 6.92 Å². The van der Waals surface area contributed by atoms with Crippen molar-refractivity contribution in [2.24, 2.45) is 7.05 Å². The lowest BCUT2D eigenvalue weighted by atomic mass is 10.0. The molecule has 3 aromatic heterocycles. The number of aromatic nitrogens is 5. The van der Waals surface area contributed by atoms with Crippen molar-refractivity contribution >= 4 is 16.9 Å². The lowest BCUT2D eigenvalue weighted by molar-refractivity contribution is 0.470. The van der Waals surface area contributed by atoms with E-state index in [9.17, 15) is 0 Å². The third-order valence-corrected chi connectivity index (χ3v) is 5.45. The van der Waals surface area contributed by atoms with Gasteiger partial charge in [-0.15, -0.1) is 0 Å². The minimum atomic E-state index is 0.260. The van der Waals surface area contributed by atoms with Gasteiger partial charge in [-0.1, -0.05) is 30.3 Å². The Morgan fingerprint density at radius 1 is 1.03 bits per heavy atom. The van der Waals surface area contributed by atoms with E-state index in [0.717, 1.165) is 47.7 Å². The number of nitrogens with one attached hydrogen (secondary N) is 1. The van der Waals surface area contributed by atoms with Crippen molar-refractivity contribution in [3.63, 3.8) is 0 Å². The van der Waals surface area contributed by atoms with E-state index in [1.165, 1.54) is 5.56 Å². The molecule has 1 aliphatic heterocycles. The molecule has 0 amide bonds. The summed E-state index contributed by atoms with van der Waals surface area (Å²) >= 11 is 0. The van der Waals surface area contributed by atoms with Crippen LogP contribution in [0.2, 0.25) is 0 Å². The second-order valence-electron chi connectivity index (χ2n) is 7.38. The van der Waals surface area contributed by atoms with E-state index in [2.05, 4.69) is 50.6 Å². The molecule has 0 bridgehead atoms. The highest BCUT2D eigenvalue weighted by molar-refractivity contribution is 5.91. The molecule has 1 fully saturated rings. The summed E-state index contributed by atoms with van der Waals surface area (Å²) in [4.78, 5) is 16.3. The molecule has 1 aliphatic rings. The van der Waals surface area contributed by atoms with Crippen LogP contribution in [0.3, 0.4) is 0 Å². The van der Waals surface area contributed by atoms with E-state index in [1.54, 1.807) is 12.4 Å². The van der Waals surface area contributed by atoms with Crippen molar-refractivity contribution in [3.8, 4) is 11.4 Å². The Labute approximate surface area is 169 Å². The molecule has 1 unspecified atom stereocenters. The molecule has 146 valence electrons. The first kappa shape index (κ1) is 17.8. The minimum Gasteiger partial charge on any atom is -0.353 e. The Bertz CT molecular complexity index is 1140. The summed E-state index contributed by atoms with van der Waals surface area (Å²) < 4.78 is 1.84. The smallest absolute Gasteiger partial charge is 0.164 e. The van der Waals surface area contributed by atoms with Crippen LogP contribution >= 0.6 is 0 Å². The Morgan fingerprint density at radius 3 is 2.62 bits per heavy atom. The minimum absolute atomic E-state index is 0.260. The van der Waals surface area contributed by atoms with Gasteiger partial charge in [-0.05, 0) is 24.6 Å². The van der Waals surface area contributed by atoms with Crippen molar-refractivity contribution < 1.29 is 0 Å². The molecule has 1 atom stereocenters. The van der Waals surface area contributed by atoms with Gasteiger partial charge in [0.05, 0.1) is 11.1 Å². The highest BCUT2D eigenvalue weighted by Gasteiger charge is 2.26. The quantitative estimate of drug-likeness (QED) is 0.585. The van der Waals surface area contributed by atoms with Gasteiger partial charge < -0.3 is 10.2 Å². The molecular formula is C22H23N7. The normalized spacial score (nSPS) is 17.0. The summed E-state index contributed by atoms with van der Waals surface area (Å²) in [6.45, 7) is 4.66. The zero-order chi connectivity index (χ0) is 19.8. The van der Waals surface area contributed by atoms with Gasteiger partial charge >= 0.3 is 0 Å². The van der Waals surface area contributed by atoms with E-state index in [0.29, 0.717) is 5.82 Å². The van der Waals surface area contributed by atoms with Gasteiger partial charge in [-0.2, -0.15) is 5.10 Å². The Kier molecular flexibility index (Phi) is 4.44. The number of nitrogens with zero attached hydrogens (tertiary/aromatic N) is 6. The van der Waals surface area contributed by atoms with Crippen molar-refractivity contribution in [1.29, 1.82) is 0 Å². The van der Waals surface area contributed by atoms with Crippen molar-refractivity contribution in [2.75, 3.05) is 24.5 Å². The fourth-order valence-corrected chi connectivity index (χ4v) is 4.03. The molecule has 5 rings (SSSR count). The van der Waals surface area contributed by atoms with E-state index in [4.69, 9.17) is 9.97 Å². The van der Waals surface area contributed by atoms with E-state index in [-0.39, 0.29) is 6.04 Å². The molecule has 1 N–H and O–H groups in total. The second kappa shape index (κ2) is 7.25. The van der Waals surface area contributed by atoms with E-state index < -0.39 is 0 Å². The summed E-state index contributed by atoms with van der Waals surface area (Å²) in [5, 5.41) is 9.28. The zero-order valence-electron chi connectivity index (χ0n) is 16.6. The molecule has 1 aromatic carbocycles. The third kappa shape index (κ3) is 3.23. The number of aryl methyl sites for hydroxylation is 2. The molecule has 29 heavy (non-hydrogen) atoms. The number of benzene rings is 1. The van der Waals surface area contributed by atoms with Crippen LogP contribution in [0.1, 0.15) is 17.3 Å². The van der Waals surface area contributed by atoms with Gasteiger partial charge in [0.15, 0.2) is 11.5 Å². The second-order valence-corrected chi connectivity index (χ2v) is 7.38. The number of hydrogen-bond acceptors (Lipinski definition) is 6. The van der Waals surface area contributed by atoms with Crippen LogP contribution in [0.4, 0.5) is 5.82 Å². The van der Waals surface area contributed by atoms with Gasteiger partial charge in [0.1, 0.15) is 5.82 Å². The molecule has 7 nitrogen and oxygen atoms in total. The maximum Gasteiger partial charge on any atom is 0.164 e. The topological polar surface area (TPSA) is 71.8 Å². The number of hydrogen-bond donors (Lipinski definition) is 1. The van der Waals surface area contributed by atoms with Crippen LogP contribution < -0.4 is 10.2 Å². The van der Waals surface area contributed by atoms with Crippen LogP contribution in [0.25, 0.3) is 22.4 Å². The van der Waals surface area contributed by atoms with Gasteiger partial charge in [0.25, 0.3) is 0 Å². The van der Waals surface area contributed by atoms with Gasteiger partial charge in [-0.25, -0.2) is 9.97 Å². The zero-order valence-corrected chi connectivity index (χ0v) is 16.6. The molecule has 0 radical (unpaired) electrons. The van der Waals surface area contributed by atoms with Crippen molar-refractivity contribution in [2.45, 2.75) is 13.0 Å². The number of pyridine rings is 1. The highest BCUT2D eigenvalue weighted by atomic mass is 15.3. The van der Waals surface area contributed by atoms with E-state index >= 15 is 0 Å². The summed E-state index contributed by atoms with van der Waals surface area (Å²) in [6.07, 6.45) is 3.54. The van der Waals surface area contributed by atoms with Gasteiger partial charge in [0, 0.05) is 50.7 Å². The third-order valence-electron chi connectivity index (χ3n) is 5.45. The fraction of sp³-hybridized carbons (Fsp3) is 0.273. The number of anilines is 1. The first-order chi connectivity index (χ1) is 14.2. The molecule has 4 heterocycles. The van der Waals surface area contributed by atoms with Gasteiger partial charge in [-0.3, -0.25) is 9.67 Å². The van der Waals surface area contributed by atoms with Crippen LogP contribution in [-0.4, -0.2) is 44.4 Å². The maximum atomic E-state index is 5.00. The van der Waals surface area contributed by atoms with E-state index in [1.807, 2.05) is 30.8 Å². The van der Waals surface area contributed by atoms with Crippen molar-refractivity contribution in [1.82, 2.24) is 30.0 Å². The number of rotatable bonds is 3. The standard InChI is InChI=1S/C22H23N7/c1-15-19-21(28(2)27-15)25-20(17-8-10-23-11-9-17)26-22(19)29-13-12-24-18(14-29)16-6-4-3-5-7-16/h3-11,18,24H,12-14H2,1-2H3. The average Bonchev–Trinajstić information content (AvgIpc) is 3.08.